The Kier molecular flexibility index (Phi) is 7.44. The maximum atomic E-state index is 14.5. The van der Waals surface area contributed by atoms with E-state index in [0.29, 0.717) is 5.56 Å². The minimum absolute atomic E-state index is 0.110. The highest BCUT2D eigenvalue weighted by Gasteiger charge is 2.36. The standard InChI is InChI=1S/C17H21F2N3O3S.CH2O2/c1-11-4-5-13(18)15(16(11)19)17-20-6-7-22(17)14-9-25-8-12(14)10-26(23,24)21(2)3;2-1-3/h4-7,12,14H,8-10H2,1-3H3;1H,(H,2,3)/t12-,14-;/m1./s1. The number of aryl methyl sites for hydroxylation is 1. The van der Waals surface area contributed by atoms with E-state index < -0.39 is 21.7 Å². The van der Waals surface area contributed by atoms with Gasteiger partial charge in [-0.25, -0.2) is 26.5 Å². The molecule has 11 heteroatoms. The molecule has 29 heavy (non-hydrogen) atoms. The summed E-state index contributed by atoms with van der Waals surface area (Å²) in [6.07, 6.45) is 3.05. The van der Waals surface area contributed by atoms with Gasteiger partial charge in [-0.2, -0.15) is 0 Å². The zero-order valence-corrected chi connectivity index (χ0v) is 17.1. The molecule has 2 atom stereocenters. The summed E-state index contributed by atoms with van der Waals surface area (Å²) >= 11 is 0. The maximum absolute atomic E-state index is 14.5. The highest BCUT2D eigenvalue weighted by molar-refractivity contribution is 7.89. The zero-order chi connectivity index (χ0) is 21.8. The minimum atomic E-state index is -3.43. The van der Waals surface area contributed by atoms with Crippen molar-refractivity contribution in [3.63, 3.8) is 0 Å². The molecule has 1 aromatic carbocycles. The summed E-state index contributed by atoms with van der Waals surface area (Å²) in [5, 5.41) is 6.89. The molecular formula is C18H23F2N3O5S. The number of rotatable bonds is 5. The van der Waals surface area contributed by atoms with E-state index in [9.17, 15) is 17.2 Å². The monoisotopic (exact) mass is 431 g/mol. The lowest BCUT2D eigenvalue weighted by Gasteiger charge is -2.23. The van der Waals surface area contributed by atoms with E-state index in [-0.39, 0.29) is 48.8 Å². The van der Waals surface area contributed by atoms with Gasteiger partial charge in [0.15, 0.2) is 0 Å². The average Bonchev–Trinajstić information content (AvgIpc) is 3.28. The Labute approximate surface area is 167 Å². The molecule has 0 bridgehead atoms. The summed E-state index contributed by atoms with van der Waals surface area (Å²) in [4.78, 5) is 12.5. The van der Waals surface area contributed by atoms with Crippen LogP contribution >= 0.6 is 0 Å². The number of sulfonamides is 1. The molecule has 8 nitrogen and oxygen atoms in total. The van der Waals surface area contributed by atoms with Crippen molar-refractivity contribution in [3.8, 4) is 11.4 Å². The molecule has 0 spiro atoms. The Bertz CT molecular complexity index is 962. The Hall–Kier alpha value is -2.37. The lowest BCUT2D eigenvalue weighted by atomic mass is 10.0. The number of carbonyl (C=O) groups is 1. The largest absolute Gasteiger partial charge is 0.483 e. The molecule has 2 heterocycles. The number of aromatic nitrogens is 2. The van der Waals surface area contributed by atoms with Gasteiger partial charge in [0.2, 0.25) is 10.0 Å². The second kappa shape index (κ2) is 9.42. The van der Waals surface area contributed by atoms with Crippen molar-refractivity contribution in [2.24, 2.45) is 5.92 Å². The third-order valence-corrected chi connectivity index (χ3v) is 6.64. The molecule has 2 aromatic rings. The van der Waals surface area contributed by atoms with Crippen LogP contribution in [0.25, 0.3) is 11.4 Å². The van der Waals surface area contributed by atoms with Crippen LogP contribution in [0, 0.1) is 24.5 Å². The first-order valence-corrected chi connectivity index (χ1v) is 10.3. The second-order valence-electron chi connectivity index (χ2n) is 6.74. The van der Waals surface area contributed by atoms with Crippen LogP contribution in [0.4, 0.5) is 8.78 Å². The van der Waals surface area contributed by atoms with Crippen LogP contribution in [-0.4, -0.2) is 66.9 Å². The van der Waals surface area contributed by atoms with Gasteiger partial charge in [0, 0.05) is 32.4 Å². The van der Waals surface area contributed by atoms with E-state index >= 15 is 0 Å². The van der Waals surface area contributed by atoms with Crippen LogP contribution in [0.1, 0.15) is 11.6 Å². The van der Waals surface area contributed by atoms with E-state index in [1.165, 1.54) is 32.4 Å². The average molecular weight is 431 g/mol. The molecule has 1 aliphatic rings. The van der Waals surface area contributed by atoms with Crippen molar-refractivity contribution in [2.45, 2.75) is 13.0 Å². The Morgan fingerprint density at radius 3 is 2.62 bits per heavy atom. The third kappa shape index (κ3) is 4.98. The van der Waals surface area contributed by atoms with Gasteiger partial charge in [-0.1, -0.05) is 6.07 Å². The van der Waals surface area contributed by atoms with E-state index in [2.05, 4.69) is 4.98 Å². The van der Waals surface area contributed by atoms with Crippen LogP contribution in [0.5, 0.6) is 0 Å². The maximum Gasteiger partial charge on any atom is 0.290 e. The molecule has 1 fully saturated rings. The van der Waals surface area contributed by atoms with Crippen LogP contribution in [0.15, 0.2) is 24.5 Å². The van der Waals surface area contributed by atoms with Crippen LogP contribution in [-0.2, 0) is 19.6 Å². The topological polar surface area (TPSA) is 102 Å². The zero-order valence-electron chi connectivity index (χ0n) is 16.2. The summed E-state index contributed by atoms with van der Waals surface area (Å²) in [5.41, 5.74) is 0.0986. The molecule has 3 rings (SSSR count). The van der Waals surface area contributed by atoms with Gasteiger partial charge in [0.05, 0.1) is 30.6 Å². The SMILES string of the molecule is Cc1ccc(F)c(-c2nccn2[C@@H]2COC[C@@H]2CS(=O)(=O)N(C)C)c1F.O=CO. The molecule has 0 aliphatic carbocycles. The van der Waals surface area contributed by atoms with Gasteiger partial charge in [0.1, 0.15) is 17.5 Å². The molecule has 160 valence electrons. The summed E-state index contributed by atoms with van der Waals surface area (Å²) in [5.74, 6) is -1.70. The van der Waals surface area contributed by atoms with Gasteiger partial charge >= 0.3 is 0 Å². The van der Waals surface area contributed by atoms with E-state index in [1.54, 1.807) is 17.7 Å². The van der Waals surface area contributed by atoms with Gasteiger partial charge in [0.25, 0.3) is 6.47 Å². The molecule has 1 saturated heterocycles. The first-order valence-electron chi connectivity index (χ1n) is 8.67. The predicted molar refractivity (Wildman–Crippen MR) is 102 cm³/mol. The van der Waals surface area contributed by atoms with Gasteiger partial charge in [-0.3, -0.25) is 4.79 Å². The highest BCUT2D eigenvalue weighted by Crippen LogP contribution is 2.34. The smallest absolute Gasteiger partial charge is 0.290 e. The Morgan fingerprint density at radius 1 is 1.34 bits per heavy atom. The number of hydrogen-bond acceptors (Lipinski definition) is 5. The second-order valence-corrected chi connectivity index (χ2v) is 8.97. The third-order valence-electron chi connectivity index (χ3n) is 4.68. The summed E-state index contributed by atoms with van der Waals surface area (Å²) in [6, 6.07) is 2.19. The van der Waals surface area contributed by atoms with Crippen molar-refractivity contribution in [2.75, 3.05) is 33.1 Å². The number of halogens is 2. The number of nitrogens with zero attached hydrogens (tertiary/aromatic N) is 3. The summed E-state index contributed by atoms with van der Waals surface area (Å²) in [6.45, 7) is 1.82. The van der Waals surface area contributed by atoms with Crippen molar-refractivity contribution < 1.29 is 31.8 Å². The quantitative estimate of drug-likeness (QED) is 0.726. The molecule has 0 saturated carbocycles. The van der Waals surface area contributed by atoms with Gasteiger partial charge in [-0.05, 0) is 18.6 Å². The molecular weight excluding hydrogens is 408 g/mol. The normalized spacial score (nSPS) is 19.1. The van der Waals surface area contributed by atoms with E-state index in [0.717, 1.165) is 4.31 Å². The van der Waals surface area contributed by atoms with Crippen LogP contribution in [0.3, 0.4) is 0 Å². The lowest BCUT2D eigenvalue weighted by Crippen LogP contribution is -2.32. The van der Waals surface area contributed by atoms with Gasteiger partial charge in [-0.15, -0.1) is 0 Å². The molecule has 1 aromatic heterocycles. The van der Waals surface area contributed by atoms with Crippen molar-refractivity contribution in [3.05, 3.63) is 41.7 Å². The summed E-state index contributed by atoms with van der Waals surface area (Å²) in [7, 11) is -0.490. The predicted octanol–water partition coefficient (Wildman–Crippen LogP) is 1.92. The van der Waals surface area contributed by atoms with Crippen LogP contribution in [0.2, 0.25) is 0 Å². The fourth-order valence-electron chi connectivity index (χ4n) is 3.11. The Morgan fingerprint density at radius 2 is 2.00 bits per heavy atom. The molecule has 1 aliphatic heterocycles. The van der Waals surface area contributed by atoms with E-state index in [1.807, 2.05) is 0 Å². The highest BCUT2D eigenvalue weighted by atomic mass is 32.2. The number of carboxylic acid groups (broad SMARTS) is 1. The van der Waals surface area contributed by atoms with Crippen molar-refractivity contribution >= 4 is 16.5 Å². The molecule has 0 unspecified atom stereocenters. The first-order chi connectivity index (χ1) is 13.6. The first kappa shape index (κ1) is 22.9. The molecule has 1 N–H and O–H groups in total. The molecule has 0 radical (unpaired) electrons. The van der Waals surface area contributed by atoms with E-state index in [4.69, 9.17) is 14.6 Å². The number of ether oxygens (including phenoxy) is 1. The summed E-state index contributed by atoms with van der Waals surface area (Å²) < 4.78 is 61.6. The fourth-order valence-corrected chi connectivity index (χ4v) is 4.27. The van der Waals surface area contributed by atoms with Crippen LogP contribution < -0.4 is 0 Å². The molecule has 0 amide bonds. The van der Waals surface area contributed by atoms with Crippen molar-refractivity contribution in [1.82, 2.24) is 13.9 Å². The van der Waals surface area contributed by atoms with Gasteiger partial charge < -0.3 is 14.4 Å². The Balaban J connectivity index is 0.000000941. The number of imidazole rings is 1. The number of benzene rings is 1. The fraction of sp³-hybridized carbons (Fsp3) is 0.444. The minimum Gasteiger partial charge on any atom is -0.483 e. The lowest BCUT2D eigenvalue weighted by molar-refractivity contribution is -0.122. The number of hydrogen-bond donors (Lipinski definition) is 1. The van der Waals surface area contributed by atoms with Crippen molar-refractivity contribution in [1.29, 1.82) is 0 Å².